The fourth-order valence-corrected chi connectivity index (χ4v) is 1.57. The van der Waals surface area contributed by atoms with E-state index in [2.05, 4.69) is 11.9 Å². The fraction of sp³-hybridized carbons (Fsp3) is 0.545. The van der Waals surface area contributed by atoms with Crippen LogP contribution in [-0.4, -0.2) is 17.2 Å². The first-order valence-electron chi connectivity index (χ1n) is 4.83. The summed E-state index contributed by atoms with van der Waals surface area (Å²) in [6.07, 6.45) is 5.11. The molecule has 1 aliphatic carbocycles. The molecule has 0 bridgehead atoms. The van der Waals surface area contributed by atoms with Crippen molar-refractivity contribution >= 4 is 0 Å². The maximum Gasteiger partial charge on any atom is 0.137 e. The van der Waals surface area contributed by atoms with Gasteiger partial charge >= 0.3 is 0 Å². The normalized spacial score (nSPS) is 20.2. The zero-order valence-electron chi connectivity index (χ0n) is 8.53. The smallest absolute Gasteiger partial charge is 0.137 e. The van der Waals surface area contributed by atoms with Crippen molar-refractivity contribution in [1.82, 2.24) is 4.98 Å². The highest BCUT2D eigenvalue weighted by molar-refractivity contribution is 5.27. The number of hydrogen-bond acceptors (Lipinski definition) is 3. The fourth-order valence-electron chi connectivity index (χ4n) is 1.57. The molecule has 3 heteroatoms. The van der Waals surface area contributed by atoms with Crippen molar-refractivity contribution in [3.05, 3.63) is 24.0 Å². The Morgan fingerprint density at radius 3 is 2.79 bits per heavy atom. The van der Waals surface area contributed by atoms with Gasteiger partial charge in [0, 0.05) is 11.8 Å². The number of methoxy groups -OCH3 is 1. The molecule has 1 unspecified atom stereocenters. The Labute approximate surface area is 83.7 Å². The second-order valence-corrected chi connectivity index (χ2v) is 4.21. The molecule has 1 aromatic heterocycles. The van der Waals surface area contributed by atoms with Gasteiger partial charge in [0.15, 0.2) is 0 Å². The van der Waals surface area contributed by atoms with Gasteiger partial charge in [-0.25, -0.2) is 0 Å². The molecule has 1 heterocycles. The van der Waals surface area contributed by atoms with Gasteiger partial charge in [0.1, 0.15) is 5.75 Å². The largest absolute Gasteiger partial charge is 0.495 e. The van der Waals surface area contributed by atoms with Crippen LogP contribution in [0.3, 0.4) is 0 Å². The number of aromatic nitrogens is 1. The second-order valence-electron chi connectivity index (χ2n) is 4.21. The molecule has 0 saturated heterocycles. The Morgan fingerprint density at radius 1 is 1.50 bits per heavy atom. The van der Waals surface area contributed by atoms with Crippen LogP contribution in [0.5, 0.6) is 5.75 Å². The van der Waals surface area contributed by atoms with E-state index in [1.54, 1.807) is 19.5 Å². The van der Waals surface area contributed by atoms with Crippen LogP contribution in [0, 0.1) is 5.41 Å². The van der Waals surface area contributed by atoms with E-state index in [0.717, 1.165) is 18.4 Å². The molecule has 3 nitrogen and oxygen atoms in total. The predicted octanol–water partition coefficient (Wildman–Crippen LogP) is 1.92. The first-order chi connectivity index (χ1) is 6.65. The number of aliphatic hydroxyl groups excluding tert-OH is 1. The minimum absolute atomic E-state index is 0.0635. The number of nitrogens with zero attached hydrogens (tertiary/aromatic N) is 1. The van der Waals surface area contributed by atoms with Crippen LogP contribution in [0.2, 0.25) is 0 Å². The molecule has 76 valence electrons. The topological polar surface area (TPSA) is 42.4 Å². The summed E-state index contributed by atoms with van der Waals surface area (Å²) < 4.78 is 5.06. The van der Waals surface area contributed by atoms with Crippen molar-refractivity contribution in [2.75, 3.05) is 7.11 Å². The molecular formula is C11H15NO2. The zero-order valence-corrected chi connectivity index (χ0v) is 8.53. The standard InChI is InChI=1S/C11H15NO2/c1-11(3-4-11)10(13)8-5-9(14-2)7-12-6-8/h5-7,10,13H,3-4H2,1-2H3. The average molecular weight is 193 g/mol. The highest BCUT2D eigenvalue weighted by Gasteiger charge is 2.44. The number of hydrogen-bond donors (Lipinski definition) is 1. The maximum atomic E-state index is 10.0. The van der Waals surface area contributed by atoms with Crippen LogP contribution >= 0.6 is 0 Å². The van der Waals surface area contributed by atoms with Crippen molar-refractivity contribution in [1.29, 1.82) is 0 Å². The van der Waals surface area contributed by atoms with Gasteiger partial charge in [-0.3, -0.25) is 4.98 Å². The molecule has 1 fully saturated rings. The number of pyridine rings is 1. The van der Waals surface area contributed by atoms with E-state index in [4.69, 9.17) is 4.74 Å². The summed E-state index contributed by atoms with van der Waals surface area (Å²) in [4.78, 5) is 4.03. The van der Waals surface area contributed by atoms with Crippen LogP contribution in [0.25, 0.3) is 0 Å². The predicted molar refractivity (Wildman–Crippen MR) is 53.1 cm³/mol. The molecule has 1 atom stereocenters. The summed E-state index contributed by atoms with van der Waals surface area (Å²) in [6.45, 7) is 2.09. The van der Waals surface area contributed by atoms with Crippen molar-refractivity contribution in [3.63, 3.8) is 0 Å². The van der Waals surface area contributed by atoms with Gasteiger partial charge in [-0.15, -0.1) is 0 Å². The van der Waals surface area contributed by atoms with Crippen LogP contribution in [0.4, 0.5) is 0 Å². The van der Waals surface area contributed by atoms with Crippen LogP contribution in [-0.2, 0) is 0 Å². The molecule has 2 rings (SSSR count). The van der Waals surface area contributed by atoms with Gasteiger partial charge in [-0.05, 0) is 24.3 Å². The molecular weight excluding hydrogens is 178 g/mol. The summed E-state index contributed by atoms with van der Waals surface area (Å²) in [7, 11) is 1.60. The minimum atomic E-state index is -0.412. The van der Waals surface area contributed by atoms with Gasteiger partial charge in [-0.2, -0.15) is 0 Å². The van der Waals surface area contributed by atoms with Crippen LogP contribution < -0.4 is 4.74 Å². The average Bonchev–Trinajstić information content (AvgIpc) is 2.97. The van der Waals surface area contributed by atoms with E-state index in [0.29, 0.717) is 5.75 Å². The lowest BCUT2D eigenvalue weighted by Crippen LogP contribution is -2.09. The molecule has 1 saturated carbocycles. The molecule has 1 aliphatic rings. The molecule has 0 spiro atoms. The van der Waals surface area contributed by atoms with E-state index in [1.807, 2.05) is 6.07 Å². The lowest BCUT2D eigenvalue weighted by Gasteiger charge is -2.17. The first-order valence-corrected chi connectivity index (χ1v) is 4.83. The summed E-state index contributed by atoms with van der Waals surface area (Å²) >= 11 is 0. The van der Waals surface area contributed by atoms with Gasteiger partial charge in [0.25, 0.3) is 0 Å². The third-order valence-electron chi connectivity index (χ3n) is 2.98. The molecule has 1 aromatic rings. The Morgan fingerprint density at radius 2 is 2.21 bits per heavy atom. The highest BCUT2D eigenvalue weighted by Crippen LogP contribution is 2.54. The Bertz CT molecular complexity index is 334. The number of ether oxygens (including phenoxy) is 1. The Hall–Kier alpha value is -1.09. The SMILES string of the molecule is COc1cncc(C(O)C2(C)CC2)c1. The first kappa shape index (κ1) is 9.46. The van der Waals surface area contributed by atoms with Gasteiger partial charge in [-0.1, -0.05) is 6.92 Å². The van der Waals surface area contributed by atoms with E-state index in [-0.39, 0.29) is 5.41 Å². The van der Waals surface area contributed by atoms with E-state index in [9.17, 15) is 5.11 Å². The lowest BCUT2D eigenvalue weighted by molar-refractivity contribution is 0.103. The molecule has 0 aromatic carbocycles. The molecule has 0 amide bonds. The summed E-state index contributed by atoms with van der Waals surface area (Å²) in [6, 6.07) is 1.85. The van der Waals surface area contributed by atoms with Crippen molar-refractivity contribution < 1.29 is 9.84 Å². The Balaban J connectivity index is 2.23. The maximum absolute atomic E-state index is 10.0. The monoisotopic (exact) mass is 193 g/mol. The number of aliphatic hydroxyl groups is 1. The Kier molecular flexibility index (Phi) is 2.19. The quantitative estimate of drug-likeness (QED) is 0.797. The third kappa shape index (κ3) is 1.60. The van der Waals surface area contributed by atoms with Gasteiger partial charge in [0.2, 0.25) is 0 Å². The molecule has 0 aliphatic heterocycles. The number of rotatable bonds is 3. The van der Waals surface area contributed by atoms with E-state index < -0.39 is 6.10 Å². The highest BCUT2D eigenvalue weighted by atomic mass is 16.5. The summed E-state index contributed by atoms with van der Waals surface area (Å²) in [5.74, 6) is 0.700. The van der Waals surface area contributed by atoms with Crippen LogP contribution in [0.15, 0.2) is 18.5 Å². The van der Waals surface area contributed by atoms with Gasteiger partial charge in [0.05, 0.1) is 19.4 Å². The van der Waals surface area contributed by atoms with Crippen LogP contribution in [0.1, 0.15) is 31.4 Å². The molecule has 14 heavy (non-hydrogen) atoms. The zero-order chi connectivity index (χ0) is 10.2. The second kappa shape index (κ2) is 3.24. The van der Waals surface area contributed by atoms with Crippen molar-refractivity contribution in [2.45, 2.75) is 25.9 Å². The van der Waals surface area contributed by atoms with Gasteiger partial charge < -0.3 is 9.84 Å². The third-order valence-corrected chi connectivity index (χ3v) is 2.98. The molecule has 1 N–H and O–H groups in total. The summed E-state index contributed by atoms with van der Waals surface area (Å²) in [5.41, 5.74) is 0.915. The van der Waals surface area contributed by atoms with Crippen molar-refractivity contribution in [2.24, 2.45) is 5.41 Å². The summed E-state index contributed by atoms with van der Waals surface area (Å²) in [5, 5.41) is 10.0. The van der Waals surface area contributed by atoms with E-state index in [1.165, 1.54) is 0 Å². The minimum Gasteiger partial charge on any atom is -0.495 e. The van der Waals surface area contributed by atoms with E-state index >= 15 is 0 Å². The molecule has 0 radical (unpaired) electrons. The lowest BCUT2D eigenvalue weighted by atomic mass is 9.96. The van der Waals surface area contributed by atoms with Crippen molar-refractivity contribution in [3.8, 4) is 5.75 Å².